The fraction of sp³-hybridized carbons (Fsp3) is 0.722. The molecule has 20 heavy (non-hydrogen) atoms. The fourth-order valence-electron chi connectivity index (χ4n) is 5.99. The Bertz CT molecular complexity index is 432. The highest BCUT2D eigenvalue weighted by atomic mass is 14.7. The molecule has 1 aromatic rings. The monoisotopic (exact) mass is 270 g/mol. The van der Waals surface area contributed by atoms with E-state index in [0.717, 1.165) is 24.2 Å². The molecule has 1 aromatic heterocycles. The summed E-state index contributed by atoms with van der Waals surface area (Å²) in [5.74, 6) is 3.10. The zero-order valence-corrected chi connectivity index (χ0v) is 12.3. The van der Waals surface area contributed by atoms with Crippen molar-refractivity contribution in [3.05, 3.63) is 30.1 Å². The van der Waals surface area contributed by atoms with Gasteiger partial charge in [-0.25, -0.2) is 0 Å². The van der Waals surface area contributed by atoms with E-state index in [1.165, 1.54) is 50.5 Å². The Hall–Kier alpha value is -0.890. The minimum atomic E-state index is 0.315. The maximum Gasteiger partial charge on any atom is 0.0300 e. The first kappa shape index (κ1) is 12.8. The molecule has 4 bridgehead atoms. The van der Waals surface area contributed by atoms with E-state index in [1.807, 2.05) is 18.5 Å². The van der Waals surface area contributed by atoms with Crippen LogP contribution in [0, 0.1) is 23.2 Å². The molecule has 0 aromatic carbocycles. The summed E-state index contributed by atoms with van der Waals surface area (Å²) in [5, 5.41) is 0. The van der Waals surface area contributed by atoms with Gasteiger partial charge in [0.05, 0.1) is 0 Å². The lowest BCUT2D eigenvalue weighted by atomic mass is 9.48. The predicted octanol–water partition coefficient (Wildman–Crippen LogP) is 3.56. The molecular formula is C18H26N2. The Kier molecular flexibility index (Phi) is 3.10. The molecule has 0 amide bonds. The Morgan fingerprint density at radius 3 is 2.35 bits per heavy atom. The summed E-state index contributed by atoms with van der Waals surface area (Å²) in [6.07, 6.45) is 15.0. The molecule has 0 saturated heterocycles. The zero-order valence-electron chi connectivity index (χ0n) is 12.3. The van der Waals surface area contributed by atoms with E-state index in [1.54, 1.807) is 0 Å². The van der Waals surface area contributed by atoms with Crippen LogP contribution >= 0.6 is 0 Å². The number of rotatable bonds is 4. The van der Waals surface area contributed by atoms with Crippen LogP contribution < -0.4 is 5.73 Å². The molecule has 0 spiro atoms. The van der Waals surface area contributed by atoms with Gasteiger partial charge in [-0.15, -0.1) is 0 Å². The van der Waals surface area contributed by atoms with Crippen LogP contribution in [0.2, 0.25) is 0 Å². The summed E-state index contributed by atoms with van der Waals surface area (Å²) in [5.41, 5.74) is 8.40. The van der Waals surface area contributed by atoms with Crippen LogP contribution in [0.5, 0.6) is 0 Å². The van der Waals surface area contributed by atoms with E-state index in [2.05, 4.69) is 11.1 Å². The minimum Gasteiger partial charge on any atom is -0.327 e. The highest BCUT2D eigenvalue weighted by Gasteiger charge is 2.50. The van der Waals surface area contributed by atoms with Gasteiger partial charge >= 0.3 is 0 Å². The average Bonchev–Trinajstić information content (AvgIpc) is 2.37. The second-order valence-corrected chi connectivity index (χ2v) is 7.95. The molecule has 2 N–H and O–H groups in total. The number of aromatic nitrogens is 1. The maximum atomic E-state index is 6.50. The zero-order chi connectivity index (χ0) is 13.6. The van der Waals surface area contributed by atoms with Crippen molar-refractivity contribution < 1.29 is 0 Å². The van der Waals surface area contributed by atoms with Crippen molar-refractivity contribution in [2.24, 2.45) is 28.9 Å². The quantitative estimate of drug-likeness (QED) is 0.908. The first-order valence-corrected chi connectivity index (χ1v) is 8.35. The van der Waals surface area contributed by atoms with E-state index < -0.39 is 0 Å². The SMILES string of the molecule is NC(Cc1cccnc1)CC12CC3CC(CC(C3)C1)C2. The van der Waals surface area contributed by atoms with Crippen molar-refractivity contribution in [3.63, 3.8) is 0 Å². The highest BCUT2D eigenvalue weighted by molar-refractivity contribution is 5.11. The largest absolute Gasteiger partial charge is 0.327 e. The highest BCUT2D eigenvalue weighted by Crippen LogP contribution is 2.61. The normalized spacial score (nSPS) is 40.0. The lowest BCUT2D eigenvalue weighted by Crippen LogP contribution is -2.48. The van der Waals surface area contributed by atoms with Gasteiger partial charge in [0.2, 0.25) is 0 Å². The summed E-state index contributed by atoms with van der Waals surface area (Å²) in [7, 11) is 0. The molecule has 1 atom stereocenters. The standard InChI is InChI=1S/C18H26N2/c19-17(7-13-2-1-3-20-12-13)11-18-8-14-4-15(9-18)6-16(5-14)10-18/h1-3,12,14-17H,4-11,19H2. The number of hydrogen-bond acceptors (Lipinski definition) is 2. The summed E-state index contributed by atoms with van der Waals surface area (Å²) in [6.45, 7) is 0. The van der Waals surface area contributed by atoms with E-state index in [4.69, 9.17) is 5.73 Å². The molecule has 1 heterocycles. The van der Waals surface area contributed by atoms with Crippen LogP contribution in [0.4, 0.5) is 0 Å². The third kappa shape index (κ3) is 2.39. The molecule has 2 heteroatoms. The first-order chi connectivity index (χ1) is 9.71. The average molecular weight is 270 g/mol. The van der Waals surface area contributed by atoms with Crippen LogP contribution in [0.1, 0.15) is 50.5 Å². The Labute approximate surface area is 122 Å². The Balaban J connectivity index is 1.43. The molecule has 4 fully saturated rings. The van der Waals surface area contributed by atoms with Crippen LogP contribution in [-0.2, 0) is 6.42 Å². The first-order valence-electron chi connectivity index (χ1n) is 8.35. The van der Waals surface area contributed by atoms with Crippen LogP contribution in [-0.4, -0.2) is 11.0 Å². The molecule has 4 saturated carbocycles. The van der Waals surface area contributed by atoms with Gasteiger partial charge in [0.15, 0.2) is 0 Å². The van der Waals surface area contributed by atoms with Gasteiger partial charge in [-0.1, -0.05) is 6.07 Å². The molecule has 5 rings (SSSR count). The topological polar surface area (TPSA) is 38.9 Å². The second-order valence-electron chi connectivity index (χ2n) is 7.95. The van der Waals surface area contributed by atoms with Gasteiger partial charge in [-0.05, 0) is 86.2 Å². The van der Waals surface area contributed by atoms with Crippen molar-refractivity contribution in [1.82, 2.24) is 4.98 Å². The minimum absolute atomic E-state index is 0.315. The lowest BCUT2D eigenvalue weighted by Gasteiger charge is -2.57. The summed E-state index contributed by atoms with van der Waals surface area (Å²) in [6, 6.07) is 4.50. The molecule has 1 unspecified atom stereocenters. The number of nitrogens with zero attached hydrogens (tertiary/aromatic N) is 1. The third-order valence-electron chi connectivity index (χ3n) is 6.08. The number of nitrogens with two attached hydrogens (primary N) is 1. The molecule has 4 aliphatic rings. The predicted molar refractivity (Wildman–Crippen MR) is 81.1 cm³/mol. The van der Waals surface area contributed by atoms with Gasteiger partial charge in [0, 0.05) is 18.4 Å². The fourth-order valence-corrected chi connectivity index (χ4v) is 5.99. The third-order valence-corrected chi connectivity index (χ3v) is 6.08. The molecule has 108 valence electrons. The Morgan fingerprint density at radius 2 is 1.80 bits per heavy atom. The lowest BCUT2D eigenvalue weighted by molar-refractivity contribution is -0.0602. The van der Waals surface area contributed by atoms with Gasteiger partial charge in [0.25, 0.3) is 0 Å². The van der Waals surface area contributed by atoms with Crippen LogP contribution in [0.25, 0.3) is 0 Å². The van der Waals surface area contributed by atoms with E-state index >= 15 is 0 Å². The van der Waals surface area contributed by atoms with Gasteiger partial charge in [-0.3, -0.25) is 4.98 Å². The van der Waals surface area contributed by atoms with Crippen LogP contribution in [0.3, 0.4) is 0 Å². The summed E-state index contributed by atoms with van der Waals surface area (Å²) < 4.78 is 0. The van der Waals surface area contributed by atoms with Crippen molar-refractivity contribution in [2.45, 2.75) is 57.4 Å². The van der Waals surface area contributed by atoms with E-state index in [0.29, 0.717) is 11.5 Å². The van der Waals surface area contributed by atoms with Gasteiger partial charge < -0.3 is 5.73 Å². The van der Waals surface area contributed by atoms with Crippen molar-refractivity contribution in [1.29, 1.82) is 0 Å². The number of pyridine rings is 1. The van der Waals surface area contributed by atoms with Gasteiger partial charge in [0.1, 0.15) is 0 Å². The molecule has 0 radical (unpaired) electrons. The molecule has 4 aliphatic carbocycles. The number of hydrogen-bond donors (Lipinski definition) is 1. The smallest absolute Gasteiger partial charge is 0.0300 e. The van der Waals surface area contributed by atoms with E-state index in [-0.39, 0.29) is 0 Å². The molecule has 0 aliphatic heterocycles. The molecular weight excluding hydrogens is 244 g/mol. The maximum absolute atomic E-state index is 6.50. The van der Waals surface area contributed by atoms with Crippen molar-refractivity contribution >= 4 is 0 Å². The van der Waals surface area contributed by atoms with Crippen molar-refractivity contribution in [2.75, 3.05) is 0 Å². The Morgan fingerprint density at radius 1 is 1.15 bits per heavy atom. The van der Waals surface area contributed by atoms with Gasteiger partial charge in [-0.2, -0.15) is 0 Å². The molecule has 2 nitrogen and oxygen atoms in total. The summed E-state index contributed by atoms with van der Waals surface area (Å²) in [4.78, 5) is 4.21. The van der Waals surface area contributed by atoms with Crippen molar-refractivity contribution in [3.8, 4) is 0 Å². The van der Waals surface area contributed by atoms with Crippen LogP contribution in [0.15, 0.2) is 24.5 Å². The second kappa shape index (κ2) is 4.84. The van der Waals surface area contributed by atoms with E-state index in [9.17, 15) is 0 Å². The summed E-state index contributed by atoms with van der Waals surface area (Å²) >= 11 is 0.